The standard InChI is InChI=1S/C16F16/c17-6-1-2-4(8(19)12(23)11(22)7(2)18)13(24,25)3(1)5(9(20)10(6)21)14(26,27)15(28,29)16(30,31)32. The highest BCUT2D eigenvalue weighted by atomic mass is 19.4. The number of hydrogen-bond acceptors (Lipinski definition) is 0. The average Bonchev–Trinajstić information content (AvgIpc) is 2.89. The third-order valence-corrected chi connectivity index (χ3v) is 4.53. The summed E-state index contributed by atoms with van der Waals surface area (Å²) < 4.78 is 218. The van der Waals surface area contributed by atoms with E-state index >= 15 is 0 Å². The number of benzene rings is 2. The number of rotatable bonds is 2. The fourth-order valence-corrected chi connectivity index (χ4v) is 3.13. The molecule has 0 amide bonds. The Morgan fingerprint density at radius 3 is 1.28 bits per heavy atom. The number of alkyl halides is 9. The van der Waals surface area contributed by atoms with E-state index in [2.05, 4.69) is 0 Å². The van der Waals surface area contributed by atoms with E-state index in [9.17, 15) is 70.2 Å². The van der Waals surface area contributed by atoms with Crippen LogP contribution >= 0.6 is 0 Å². The summed E-state index contributed by atoms with van der Waals surface area (Å²) in [6.45, 7) is 0. The molecule has 176 valence electrons. The van der Waals surface area contributed by atoms with Crippen LogP contribution in [0.1, 0.15) is 16.7 Å². The van der Waals surface area contributed by atoms with Gasteiger partial charge in [0.2, 0.25) is 0 Å². The molecular formula is C16F16. The molecule has 0 unspecified atom stereocenters. The highest BCUT2D eigenvalue weighted by molar-refractivity contribution is 5.82. The molecule has 0 bridgehead atoms. The minimum Gasteiger partial charge on any atom is -0.203 e. The van der Waals surface area contributed by atoms with Crippen molar-refractivity contribution in [2.24, 2.45) is 0 Å². The Bertz CT molecular complexity index is 1160. The van der Waals surface area contributed by atoms with E-state index in [0.717, 1.165) is 0 Å². The first kappa shape index (κ1) is 24.0. The van der Waals surface area contributed by atoms with E-state index in [-0.39, 0.29) is 0 Å². The van der Waals surface area contributed by atoms with Crippen LogP contribution in [0.2, 0.25) is 0 Å². The molecule has 32 heavy (non-hydrogen) atoms. The Kier molecular flexibility index (Phi) is 4.82. The molecule has 0 heterocycles. The van der Waals surface area contributed by atoms with Crippen molar-refractivity contribution in [2.75, 3.05) is 0 Å². The second kappa shape index (κ2) is 6.43. The second-order valence-corrected chi connectivity index (χ2v) is 6.29. The SMILES string of the molecule is Fc1c(F)c(F)c2c(c1F)-c1c(F)c(F)c(F)c(C(F)(F)C(F)(F)C(F)(F)F)c1C2(F)F. The van der Waals surface area contributed by atoms with Gasteiger partial charge in [-0.2, -0.15) is 39.5 Å². The Morgan fingerprint density at radius 1 is 0.469 bits per heavy atom. The maximum atomic E-state index is 14.6. The van der Waals surface area contributed by atoms with Gasteiger partial charge in [-0.1, -0.05) is 0 Å². The minimum absolute atomic E-state index is 2.52. The molecule has 0 aromatic heterocycles. The first-order valence-corrected chi connectivity index (χ1v) is 7.52. The second-order valence-electron chi connectivity index (χ2n) is 6.29. The zero-order valence-electron chi connectivity index (χ0n) is 14.0. The van der Waals surface area contributed by atoms with E-state index in [4.69, 9.17) is 0 Å². The lowest BCUT2D eigenvalue weighted by atomic mass is 9.90. The molecule has 0 aliphatic heterocycles. The van der Waals surface area contributed by atoms with Crippen LogP contribution in [0.4, 0.5) is 70.2 Å². The molecule has 1 aliphatic carbocycles. The molecule has 0 saturated carbocycles. The Labute approximate surface area is 164 Å². The summed E-state index contributed by atoms with van der Waals surface area (Å²) in [5.74, 6) is -42.7. The van der Waals surface area contributed by atoms with Crippen LogP contribution < -0.4 is 0 Å². The first-order valence-electron chi connectivity index (χ1n) is 7.52. The molecule has 0 spiro atoms. The van der Waals surface area contributed by atoms with Gasteiger partial charge >= 0.3 is 23.9 Å². The van der Waals surface area contributed by atoms with Crippen LogP contribution in [0.25, 0.3) is 11.1 Å². The van der Waals surface area contributed by atoms with Gasteiger partial charge in [-0.25, -0.2) is 30.7 Å². The summed E-state index contributed by atoms with van der Waals surface area (Å²) in [6, 6.07) is 0. The van der Waals surface area contributed by atoms with Gasteiger partial charge in [0.1, 0.15) is 0 Å². The van der Waals surface area contributed by atoms with Gasteiger partial charge in [0.15, 0.2) is 40.7 Å². The highest BCUT2D eigenvalue weighted by Gasteiger charge is 2.76. The third kappa shape index (κ3) is 2.60. The smallest absolute Gasteiger partial charge is 0.203 e. The third-order valence-electron chi connectivity index (χ3n) is 4.53. The summed E-state index contributed by atoms with van der Waals surface area (Å²) in [7, 11) is 0. The first-order chi connectivity index (χ1) is 14.2. The van der Waals surface area contributed by atoms with Crippen molar-refractivity contribution in [3.63, 3.8) is 0 Å². The lowest BCUT2D eigenvalue weighted by molar-refractivity contribution is -0.360. The average molecular weight is 496 g/mol. The maximum Gasteiger partial charge on any atom is 0.460 e. The molecule has 0 nitrogen and oxygen atoms in total. The van der Waals surface area contributed by atoms with Gasteiger partial charge in [0, 0.05) is 16.7 Å². The zero-order valence-corrected chi connectivity index (χ0v) is 14.0. The predicted octanol–water partition coefficient (Wildman–Crippen LogP) is 7.07. The summed E-state index contributed by atoms with van der Waals surface area (Å²) >= 11 is 0. The van der Waals surface area contributed by atoms with Crippen molar-refractivity contribution in [2.45, 2.75) is 23.9 Å². The molecule has 0 atom stereocenters. The lowest BCUT2D eigenvalue weighted by Crippen LogP contribution is -2.51. The molecule has 3 rings (SSSR count). The maximum absolute atomic E-state index is 14.6. The van der Waals surface area contributed by atoms with Crippen molar-refractivity contribution in [3.05, 3.63) is 57.4 Å². The van der Waals surface area contributed by atoms with Crippen molar-refractivity contribution in [1.29, 1.82) is 0 Å². The molecular weight excluding hydrogens is 496 g/mol. The summed E-state index contributed by atoms with van der Waals surface area (Å²) in [6.07, 6.45) is -7.30. The Balaban J connectivity index is 2.62. The molecule has 0 radical (unpaired) electrons. The molecule has 0 fully saturated rings. The predicted molar refractivity (Wildman–Crippen MR) is 69.5 cm³/mol. The van der Waals surface area contributed by atoms with Crippen LogP contribution in [-0.2, 0) is 11.8 Å². The molecule has 16 heteroatoms. The monoisotopic (exact) mass is 496 g/mol. The van der Waals surface area contributed by atoms with Crippen LogP contribution in [0.3, 0.4) is 0 Å². The van der Waals surface area contributed by atoms with E-state index in [1.165, 1.54) is 0 Å². The van der Waals surface area contributed by atoms with Gasteiger partial charge in [0.05, 0.1) is 11.1 Å². The van der Waals surface area contributed by atoms with Crippen LogP contribution in [0, 0.1) is 40.7 Å². The van der Waals surface area contributed by atoms with Crippen molar-refractivity contribution >= 4 is 0 Å². The summed E-state index contributed by atoms with van der Waals surface area (Å²) in [4.78, 5) is 0. The van der Waals surface area contributed by atoms with Gasteiger partial charge in [0.25, 0.3) is 0 Å². The molecule has 2 aromatic rings. The van der Waals surface area contributed by atoms with E-state index < -0.39 is 92.5 Å². The minimum atomic E-state index is -7.42. The van der Waals surface area contributed by atoms with Crippen molar-refractivity contribution in [1.82, 2.24) is 0 Å². The summed E-state index contributed by atoms with van der Waals surface area (Å²) in [5, 5.41) is 0. The molecule has 1 aliphatic rings. The number of halogens is 16. The van der Waals surface area contributed by atoms with Gasteiger partial charge in [-0.15, -0.1) is 0 Å². The topological polar surface area (TPSA) is 0 Å². The van der Waals surface area contributed by atoms with Crippen molar-refractivity contribution < 1.29 is 70.2 Å². The van der Waals surface area contributed by atoms with Crippen LogP contribution in [0.5, 0.6) is 0 Å². The van der Waals surface area contributed by atoms with E-state index in [0.29, 0.717) is 0 Å². The van der Waals surface area contributed by atoms with Crippen LogP contribution in [0.15, 0.2) is 0 Å². The van der Waals surface area contributed by atoms with Gasteiger partial charge in [-0.3, -0.25) is 0 Å². The Hall–Kier alpha value is -2.68. The fraction of sp³-hybridized carbons (Fsp3) is 0.250. The van der Waals surface area contributed by atoms with Gasteiger partial charge < -0.3 is 0 Å². The lowest BCUT2D eigenvalue weighted by Gasteiger charge is -2.31. The quantitative estimate of drug-likeness (QED) is 0.237. The zero-order chi connectivity index (χ0) is 24.9. The summed E-state index contributed by atoms with van der Waals surface area (Å²) in [5.41, 5.74) is -15.2. The van der Waals surface area contributed by atoms with Crippen LogP contribution in [-0.4, -0.2) is 12.1 Å². The van der Waals surface area contributed by atoms with E-state index in [1.54, 1.807) is 0 Å². The molecule has 0 N–H and O–H groups in total. The molecule has 2 aromatic carbocycles. The van der Waals surface area contributed by atoms with Gasteiger partial charge in [-0.05, 0) is 0 Å². The normalized spacial score (nSPS) is 15.8. The fourth-order valence-electron chi connectivity index (χ4n) is 3.13. The molecule has 0 saturated heterocycles. The highest BCUT2D eigenvalue weighted by Crippen LogP contribution is 2.61. The number of hydrogen-bond donors (Lipinski definition) is 0. The van der Waals surface area contributed by atoms with E-state index in [1.807, 2.05) is 0 Å². The number of fused-ring (bicyclic) bond motifs is 3. The largest absolute Gasteiger partial charge is 0.460 e. The Morgan fingerprint density at radius 2 is 0.844 bits per heavy atom. The van der Waals surface area contributed by atoms with Crippen molar-refractivity contribution in [3.8, 4) is 11.1 Å².